The van der Waals surface area contributed by atoms with Crippen LogP contribution in [0, 0.1) is 0 Å². The van der Waals surface area contributed by atoms with Crippen molar-refractivity contribution in [1.82, 2.24) is 15.0 Å². The summed E-state index contributed by atoms with van der Waals surface area (Å²) in [6, 6.07) is 7.29. The molecule has 1 amide bonds. The molecule has 8 nitrogen and oxygen atoms in total. The van der Waals surface area contributed by atoms with Gasteiger partial charge in [-0.3, -0.25) is 9.59 Å². The third-order valence-electron chi connectivity index (χ3n) is 3.24. The van der Waals surface area contributed by atoms with Crippen LogP contribution in [0.4, 0.5) is 0 Å². The molecule has 24 heavy (non-hydrogen) atoms. The molecule has 0 aliphatic rings. The van der Waals surface area contributed by atoms with Gasteiger partial charge in [-0.15, -0.1) is 0 Å². The minimum atomic E-state index is -1.05. The molecular weight excluding hydrogens is 314 g/mol. The van der Waals surface area contributed by atoms with E-state index in [4.69, 9.17) is 14.4 Å². The van der Waals surface area contributed by atoms with Crippen LogP contribution < -0.4 is 4.74 Å². The normalized spacial score (nSPS) is 10.4. The highest BCUT2D eigenvalue weighted by atomic mass is 16.5. The number of aromatic nitrogens is 2. The maximum absolute atomic E-state index is 11.8. The number of hydrogen-bond acceptors (Lipinski definition) is 6. The predicted octanol–water partition coefficient (Wildman–Crippen LogP) is 1.61. The Morgan fingerprint density at radius 3 is 2.62 bits per heavy atom. The van der Waals surface area contributed by atoms with Crippen LogP contribution in [0.2, 0.25) is 0 Å². The topological polar surface area (TPSA) is 106 Å². The summed E-state index contributed by atoms with van der Waals surface area (Å²) in [5, 5.41) is 12.5. The van der Waals surface area contributed by atoms with E-state index >= 15 is 0 Å². The molecule has 1 heterocycles. The van der Waals surface area contributed by atoms with E-state index in [0.29, 0.717) is 18.3 Å². The van der Waals surface area contributed by atoms with Crippen LogP contribution in [0.1, 0.15) is 19.2 Å². The fourth-order valence-electron chi connectivity index (χ4n) is 2.04. The highest BCUT2D eigenvalue weighted by molar-refractivity contribution is 5.81. The average molecular weight is 333 g/mol. The molecule has 0 fully saturated rings. The van der Waals surface area contributed by atoms with Crippen molar-refractivity contribution in [3.63, 3.8) is 0 Å². The second-order valence-electron chi connectivity index (χ2n) is 5.11. The Hall–Kier alpha value is -2.90. The number of carbonyl (C=O) groups is 2. The number of carboxylic acid groups (broad SMARTS) is 1. The Balaban J connectivity index is 1.93. The van der Waals surface area contributed by atoms with Gasteiger partial charge in [0, 0.05) is 25.5 Å². The molecule has 2 aromatic rings. The van der Waals surface area contributed by atoms with Crippen molar-refractivity contribution in [2.75, 3.05) is 20.2 Å². The Bertz CT molecular complexity index is 696. The molecular formula is C16H19N3O5. The van der Waals surface area contributed by atoms with E-state index in [0.717, 1.165) is 16.2 Å². The molecule has 2 rings (SSSR count). The molecule has 0 spiro atoms. The molecule has 1 aromatic heterocycles. The molecule has 0 aliphatic heterocycles. The van der Waals surface area contributed by atoms with Crippen LogP contribution in [0.15, 0.2) is 28.8 Å². The molecule has 0 saturated carbocycles. The summed E-state index contributed by atoms with van der Waals surface area (Å²) in [4.78, 5) is 27.7. The highest BCUT2D eigenvalue weighted by Gasteiger charge is 2.15. The zero-order valence-electron chi connectivity index (χ0n) is 13.6. The summed E-state index contributed by atoms with van der Waals surface area (Å²) in [5.41, 5.74) is 0.780. The van der Waals surface area contributed by atoms with Gasteiger partial charge < -0.3 is 19.3 Å². The van der Waals surface area contributed by atoms with E-state index in [1.807, 2.05) is 31.2 Å². The minimum absolute atomic E-state index is 0.106. The number of amides is 1. The van der Waals surface area contributed by atoms with Crippen molar-refractivity contribution in [1.29, 1.82) is 0 Å². The van der Waals surface area contributed by atoms with Crippen LogP contribution >= 0.6 is 0 Å². The van der Waals surface area contributed by atoms with Crippen molar-refractivity contribution in [3.05, 3.63) is 30.2 Å². The van der Waals surface area contributed by atoms with Crippen molar-refractivity contribution in [2.45, 2.75) is 19.8 Å². The van der Waals surface area contributed by atoms with E-state index < -0.39 is 5.97 Å². The first-order chi connectivity index (χ1) is 11.5. The average Bonchev–Trinajstić information content (AvgIpc) is 3.02. The van der Waals surface area contributed by atoms with Crippen LogP contribution in [0.25, 0.3) is 11.4 Å². The maximum atomic E-state index is 11.8. The molecule has 1 aromatic carbocycles. The lowest BCUT2D eigenvalue weighted by molar-refractivity contribution is -0.143. The molecule has 0 radical (unpaired) electrons. The number of carbonyl (C=O) groups excluding carboxylic acids is 1. The summed E-state index contributed by atoms with van der Waals surface area (Å²) >= 11 is 0. The van der Waals surface area contributed by atoms with E-state index in [1.54, 1.807) is 0 Å². The van der Waals surface area contributed by atoms with Gasteiger partial charge in [0.1, 0.15) is 12.3 Å². The number of nitrogens with zero attached hydrogens (tertiary/aromatic N) is 3. The molecule has 8 heteroatoms. The highest BCUT2D eigenvalue weighted by Crippen LogP contribution is 2.20. The van der Waals surface area contributed by atoms with Crippen LogP contribution in [-0.2, 0) is 16.0 Å². The number of aliphatic carboxylic acids is 1. The lowest BCUT2D eigenvalue weighted by Gasteiger charge is -2.13. The third-order valence-corrected chi connectivity index (χ3v) is 3.24. The van der Waals surface area contributed by atoms with Crippen molar-refractivity contribution >= 4 is 11.9 Å². The van der Waals surface area contributed by atoms with Gasteiger partial charge in [-0.2, -0.15) is 4.98 Å². The quantitative estimate of drug-likeness (QED) is 0.782. The number of hydrogen-bond donors (Lipinski definition) is 1. The third kappa shape index (κ3) is 4.80. The second kappa shape index (κ2) is 8.09. The van der Waals surface area contributed by atoms with Gasteiger partial charge in [0.05, 0.1) is 6.61 Å². The first-order valence-corrected chi connectivity index (χ1v) is 7.51. The lowest BCUT2D eigenvalue weighted by atomic mass is 10.2. The number of aryl methyl sites for hydroxylation is 1. The van der Waals surface area contributed by atoms with Gasteiger partial charge in [-0.05, 0) is 31.2 Å². The standard InChI is InChI=1S/C16H19N3O5/c1-3-23-12-6-4-11(5-7-12)16-17-13(24-18-16)8-9-14(20)19(2)10-15(21)22/h4-7H,3,8-10H2,1-2H3,(H,21,22). The van der Waals surface area contributed by atoms with Gasteiger partial charge in [-0.25, -0.2) is 0 Å². The summed E-state index contributed by atoms with van der Waals surface area (Å²) in [6.07, 6.45) is 0.363. The van der Waals surface area contributed by atoms with Gasteiger partial charge in [0.25, 0.3) is 0 Å². The Morgan fingerprint density at radius 1 is 1.29 bits per heavy atom. The second-order valence-corrected chi connectivity index (χ2v) is 5.11. The summed E-state index contributed by atoms with van der Waals surface area (Å²) < 4.78 is 10.5. The fourth-order valence-corrected chi connectivity index (χ4v) is 2.04. The number of likely N-dealkylation sites (N-methyl/N-ethyl adjacent to an activating group) is 1. The molecule has 1 N–H and O–H groups in total. The Morgan fingerprint density at radius 2 is 2.00 bits per heavy atom. The van der Waals surface area contributed by atoms with Crippen molar-refractivity contribution in [2.24, 2.45) is 0 Å². The van der Waals surface area contributed by atoms with E-state index in [2.05, 4.69) is 10.1 Å². The summed E-state index contributed by atoms with van der Waals surface area (Å²) in [7, 11) is 1.44. The van der Waals surface area contributed by atoms with E-state index in [-0.39, 0.29) is 25.3 Å². The molecule has 0 atom stereocenters. The van der Waals surface area contributed by atoms with E-state index in [9.17, 15) is 9.59 Å². The smallest absolute Gasteiger partial charge is 0.323 e. The monoisotopic (exact) mass is 333 g/mol. The van der Waals surface area contributed by atoms with Gasteiger partial charge >= 0.3 is 5.97 Å². The molecule has 0 bridgehead atoms. The molecule has 0 saturated heterocycles. The maximum Gasteiger partial charge on any atom is 0.323 e. The summed E-state index contributed by atoms with van der Waals surface area (Å²) in [5.74, 6) is 0.173. The molecule has 0 unspecified atom stereocenters. The first-order valence-electron chi connectivity index (χ1n) is 7.51. The van der Waals surface area contributed by atoms with Crippen LogP contribution in [0.3, 0.4) is 0 Å². The van der Waals surface area contributed by atoms with Gasteiger partial charge in [0.2, 0.25) is 17.6 Å². The zero-order chi connectivity index (χ0) is 17.5. The van der Waals surface area contributed by atoms with Crippen molar-refractivity contribution in [3.8, 4) is 17.1 Å². The summed E-state index contributed by atoms with van der Waals surface area (Å²) in [6.45, 7) is 2.17. The SMILES string of the molecule is CCOc1ccc(-c2noc(CCC(=O)N(C)CC(=O)O)n2)cc1. The fraction of sp³-hybridized carbons (Fsp3) is 0.375. The number of benzene rings is 1. The zero-order valence-corrected chi connectivity index (χ0v) is 13.6. The molecule has 0 aliphatic carbocycles. The predicted molar refractivity (Wildman–Crippen MR) is 84.5 cm³/mol. The van der Waals surface area contributed by atoms with Crippen LogP contribution in [-0.4, -0.2) is 52.2 Å². The van der Waals surface area contributed by atoms with E-state index in [1.165, 1.54) is 7.05 Å². The van der Waals surface area contributed by atoms with Crippen LogP contribution in [0.5, 0.6) is 5.75 Å². The first kappa shape index (κ1) is 17.5. The minimum Gasteiger partial charge on any atom is -0.494 e. The number of carboxylic acids is 1. The van der Waals surface area contributed by atoms with Gasteiger partial charge in [-0.1, -0.05) is 5.16 Å². The van der Waals surface area contributed by atoms with Gasteiger partial charge in [0.15, 0.2) is 0 Å². The molecule has 128 valence electrons. The van der Waals surface area contributed by atoms with Crippen molar-refractivity contribution < 1.29 is 24.0 Å². The number of rotatable bonds is 8. The Kier molecular flexibility index (Phi) is 5.89. The lowest BCUT2D eigenvalue weighted by Crippen LogP contribution is -2.32. The number of ether oxygens (including phenoxy) is 1. The Labute approximate surface area is 139 Å². The largest absolute Gasteiger partial charge is 0.494 e.